The minimum absolute atomic E-state index is 0.245. The van der Waals surface area contributed by atoms with Gasteiger partial charge in [-0.15, -0.1) is 11.8 Å². The summed E-state index contributed by atoms with van der Waals surface area (Å²) in [4.78, 5) is 4.17. The molecule has 0 spiro atoms. The normalized spacial score (nSPS) is 11.6. The molecule has 0 atom stereocenters. The first kappa shape index (κ1) is 11.3. The lowest BCUT2D eigenvalue weighted by molar-refractivity contribution is 0.317. The van der Waals surface area contributed by atoms with Crippen molar-refractivity contribution in [2.75, 3.05) is 5.75 Å². The quantitative estimate of drug-likeness (QED) is 0.290. The molecule has 3 N–H and O–H groups in total. The van der Waals surface area contributed by atoms with E-state index < -0.39 is 0 Å². The second kappa shape index (κ2) is 5.87. The summed E-state index contributed by atoms with van der Waals surface area (Å²) in [5.41, 5.74) is 5.32. The van der Waals surface area contributed by atoms with E-state index in [9.17, 15) is 0 Å². The lowest BCUT2D eigenvalue weighted by Crippen LogP contribution is -2.11. The zero-order valence-electron chi connectivity index (χ0n) is 7.35. The van der Waals surface area contributed by atoms with Crippen LogP contribution in [0.25, 0.3) is 0 Å². The molecule has 0 unspecified atom stereocenters. The number of nitrogens with zero attached hydrogens (tertiary/aromatic N) is 2. The standard InChI is InChI=1S/C8H10BrN3OS/c9-6-1-2-8(11-5-6)14-4-3-7(10)12-13/h1-2,5,13H,3-4H2,(H2,10,12). The molecule has 76 valence electrons. The molecule has 6 heteroatoms. The van der Waals surface area contributed by atoms with Crippen molar-refractivity contribution in [1.29, 1.82) is 0 Å². The maximum absolute atomic E-state index is 8.30. The Balaban J connectivity index is 2.35. The van der Waals surface area contributed by atoms with Crippen LogP contribution in [0.3, 0.4) is 0 Å². The Morgan fingerprint density at radius 3 is 3.00 bits per heavy atom. The van der Waals surface area contributed by atoms with Crippen LogP contribution in [0.1, 0.15) is 6.42 Å². The highest BCUT2D eigenvalue weighted by Gasteiger charge is 1.97. The molecule has 0 aliphatic carbocycles. The van der Waals surface area contributed by atoms with Gasteiger partial charge in [-0.3, -0.25) is 0 Å². The van der Waals surface area contributed by atoms with Gasteiger partial charge in [0.15, 0.2) is 0 Å². The summed E-state index contributed by atoms with van der Waals surface area (Å²) in [6.45, 7) is 0. The average molecular weight is 276 g/mol. The van der Waals surface area contributed by atoms with Crippen LogP contribution in [0, 0.1) is 0 Å². The van der Waals surface area contributed by atoms with Gasteiger partial charge in [0.1, 0.15) is 5.84 Å². The summed E-state index contributed by atoms with van der Waals surface area (Å²) in [5, 5.41) is 12.1. The van der Waals surface area contributed by atoms with E-state index in [2.05, 4.69) is 26.1 Å². The van der Waals surface area contributed by atoms with Crippen LogP contribution in [0.2, 0.25) is 0 Å². The molecule has 4 nitrogen and oxygen atoms in total. The molecule has 1 heterocycles. The van der Waals surface area contributed by atoms with Crippen molar-refractivity contribution in [3.8, 4) is 0 Å². The molecule has 0 bridgehead atoms. The maximum Gasteiger partial charge on any atom is 0.139 e. The van der Waals surface area contributed by atoms with Crippen LogP contribution in [0.15, 0.2) is 33.0 Å². The highest BCUT2D eigenvalue weighted by Crippen LogP contribution is 2.17. The summed E-state index contributed by atoms with van der Waals surface area (Å²) < 4.78 is 0.957. The second-order valence-electron chi connectivity index (χ2n) is 2.50. The molecule has 0 aromatic carbocycles. The molecule has 0 amide bonds. The summed E-state index contributed by atoms with van der Waals surface area (Å²) in [6, 6.07) is 3.85. The topological polar surface area (TPSA) is 71.5 Å². The van der Waals surface area contributed by atoms with Crippen molar-refractivity contribution in [3.63, 3.8) is 0 Å². The predicted molar refractivity (Wildman–Crippen MR) is 60.7 cm³/mol. The number of rotatable bonds is 4. The SMILES string of the molecule is NC(CCSc1ccc(Br)cn1)=NO. The third-order valence-corrected chi connectivity index (χ3v) is 2.85. The van der Waals surface area contributed by atoms with E-state index in [1.165, 1.54) is 0 Å². The van der Waals surface area contributed by atoms with Crippen molar-refractivity contribution in [3.05, 3.63) is 22.8 Å². The van der Waals surface area contributed by atoms with Gasteiger partial charge < -0.3 is 10.9 Å². The first-order valence-electron chi connectivity index (χ1n) is 3.93. The van der Waals surface area contributed by atoms with Crippen molar-refractivity contribution >= 4 is 33.5 Å². The van der Waals surface area contributed by atoms with Gasteiger partial charge >= 0.3 is 0 Å². The van der Waals surface area contributed by atoms with E-state index in [1.54, 1.807) is 18.0 Å². The number of nitrogens with two attached hydrogens (primary N) is 1. The molecule has 1 aromatic rings. The predicted octanol–water partition coefficient (Wildman–Crippen LogP) is 2.07. The monoisotopic (exact) mass is 275 g/mol. The van der Waals surface area contributed by atoms with Crippen molar-refractivity contribution < 1.29 is 5.21 Å². The van der Waals surface area contributed by atoms with Gasteiger partial charge in [0, 0.05) is 22.8 Å². The van der Waals surface area contributed by atoms with Gasteiger partial charge in [0.2, 0.25) is 0 Å². The molecule has 1 aromatic heterocycles. The third kappa shape index (κ3) is 3.97. The largest absolute Gasteiger partial charge is 0.409 e. The number of hydrogen-bond acceptors (Lipinski definition) is 4. The van der Waals surface area contributed by atoms with E-state index in [1.807, 2.05) is 12.1 Å². The number of pyridine rings is 1. The summed E-state index contributed by atoms with van der Waals surface area (Å²) in [5.74, 6) is 1.000. The van der Waals surface area contributed by atoms with Crippen LogP contribution in [0.5, 0.6) is 0 Å². The smallest absolute Gasteiger partial charge is 0.139 e. The molecule has 0 radical (unpaired) electrons. The first-order valence-corrected chi connectivity index (χ1v) is 5.71. The van der Waals surface area contributed by atoms with Gasteiger partial charge in [0.25, 0.3) is 0 Å². The van der Waals surface area contributed by atoms with Crippen LogP contribution < -0.4 is 5.73 Å². The van der Waals surface area contributed by atoms with Crippen LogP contribution in [-0.4, -0.2) is 21.8 Å². The van der Waals surface area contributed by atoms with Crippen LogP contribution in [-0.2, 0) is 0 Å². The minimum atomic E-state index is 0.245. The second-order valence-corrected chi connectivity index (χ2v) is 4.54. The Labute approximate surface area is 94.7 Å². The van der Waals surface area contributed by atoms with E-state index in [-0.39, 0.29) is 5.84 Å². The molecule has 1 rings (SSSR count). The number of thioether (sulfide) groups is 1. The van der Waals surface area contributed by atoms with Crippen LogP contribution in [0.4, 0.5) is 0 Å². The van der Waals surface area contributed by atoms with Gasteiger partial charge in [-0.25, -0.2) is 4.98 Å². The van der Waals surface area contributed by atoms with Gasteiger partial charge in [-0.1, -0.05) is 5.16 Å². The van der Waals surface area contributed by atoms with Gasteiger partial charge in [-0.2, -0.15) is 0 Å². The van der Waals surface area contributed by atoms with E-state index >= 15 is 0 Å². The molecule has 0 aliphatic rings. The molecule has 0 saturated carbocycles. The van der Waals surface area contributed by atoms with Crippen molar-refractivity contribution in [2.45, 2.75) is 11.4 Å². The van der Waals surface area contributed by atoms with E-state index in [4.69, 9.17) is 10.9 Å². The highest BCUT2D eigenvalue weighted by atomic mass is 79.9. The number of hydrogen-bond donors (Lipinski definition) is 2. The van der Waals surface area contributed by atoms with Crippen LogP contribution >= 0.6 is 27.7 Å². The molecule has 0 fully saturated rings. The Hall–Kier alpha value is -0.750. The fourth-order valence-electron chi connectivity index (χ4n) is 0.758. The lowest BCUT2D eigenvalue weighted by Gasteiger charge is -1.99. The molecule has 14 heavy (non-hydrogen) atoms. The summed E-state index contributed by atoms with van der Waals surface area (Å²) in [7, 11) is 0. The number of aromatic nitrogens is 1. The fourth-order valence-corrected chi connectivity index (χ4v) is 1.80. The Morgan fingerprint density at radius 2 is 2.43 bits per heavy atom. The zero-order chi connectivity index (χ0) is 10.4. The molecular formula is C8H10BrN3OS. The van der Waals surface area contributed by atoms with E-state index in [0.29, 0.717) is 6.42 Å². The Bertz CT molecular complexity index is 315. The number of amidine groups is 1. The van der Waals surface area contributed by atoms with Gasteiger partial charge in [0.05, 0.1) is 5.03 Å². The fraction of sp³-hybridized carbons (Fsp3) is 0.250. The average Bonchev–Trinajstić information content (AvgIpc) is 2.21. The molecule has 0 aliphatic heterocycles. The number of halogens is 1. The van der Waals surface area contributed by atoms with E-state index in [0.717, 1.165) is 15.3 Å². The Kier molecular flexibility index (Phi) is 4.75. The number of oxime groups is 1. The molecular weight excluding hydrogens is 266 g/mol. The Morgan fingerprint density at radius 1 is 1.64 bits per heavy atom. The highest BCUT2D eigenvalue weighted by molar-refractivity contribution is 9.10. The maximum atomic E-state index is 8.30. The zero-order valence-corrected chi connectivity index (χ0v) is 9.75. The first-order chi connectivity index (χ1) is 6.72. The minimum Gasteiger partial charge on any atom is -0.409 e. The van der Waals surface area contributed by atoms with Gasteiger partial charge in [-0.05, 0) is 28.1 Å². The van der Waals surface area contributed by atoms with Crippen molar-refractivity contribution in [2.24, 2.45) is 10.9 Å². The third-order valence-electron chi connectivity index (χ3n) is 1.44. The molecule has 0 saturated heterocycles. The lowest BCUT2D eigenvalue weighted by atomic mass is 10.5. The summed E-state index contributed by atoms with van der Waals surface area (Å²) in [6.07, 6.45) is 2.30. The van der Waals surface area contributed by atoms with Crippen molar-refractivity contribution in [1.82, 2.24) is 4.98 Å². The summed E-state index contributed by atoms with van der Waals surface area (Å²) >= 11 is 4.87.